The van der Waals surface area contributed by atoms with Gasteiger partial charge in [0.15, 0.2) is 0 Å². The molecule has 1 aromatic rings. The zero-order chi connectivity index (χ0) is 13.7. The van der Waals surface area contributed by atoms with Crippen LogP contribution in [0.1, 0.15) is 30.1 Å². The lowest BCUT2D eigenvalue weighted by Gasteiger charge is -2.32. The number of hydrogen-bond acceptors (Lipinski definition) is 3. The van der Waals surface area contributed by atoms with E-state index in [1.807, 2.05) is 13.0 Å². The molecule has 3 N–H and O–H groups in total. The number of aryl methyl sites for hydroxylation is 1. The number of nitrogens with two attached hydrogens (primary N) is 1. The number of nitrogens with one attached hydrogen (secondary N) is 1. The molecule has 2 rings (SSSR count). The van der Waals surface area contributed by atoms with Crippen LogP contribution in [0.25, 0.3) is 0 Å². The van der Waals surface area contributed by atoms with Crippen molar-refractivity contribution in [3.05, 3.63) is 35.1 Å². The molecule has 0 amide bonds. The summed E-state index contributed by atoms with van der Waals surface area (Å²) < 4.78 is 19.4. The number of rotatable bonds is 5. The van der Waals surface area contributed by atoms with Gasteiger partial charge in [-0.15, -0.1) is 0 Å². The zero-order valence-corrected chi connectivity index (χ0v) is 11.5. The first-order valence-electron chi connectivity index (χ1n) is 7.01. The van der Waals surface area contributed by atoms with E-state index < -0.39 is 0 Å². The second-order valence-electron chi connectivity index (χ2n) is 5.19. The molecule has 1 unspecified atom stereocenters. The lowest BCUT2D eigenvalue weighted by molar-refractivity contribution is 0.00664. The molecule has 1 aliphatic rings. The smallest absolute Gasteiger partial charge is 0.123 e. The van der Waals surface area contributed by atoms with E-state index in [4.69, 9.17) is 10.5 Å². The predicted octanol–water partition coefficient (Wildman–Crippen LogP) is 2.15. The van der Waals surface area contributed by atoms with Crippen LogP contribution in [0.15, 0.2) is 18.2 Å². The third-order valence-electron chi connectivity index (χ3n) is 3.73. The maximum Gasteiger partial charge on any atom is 0.123 e. The topological polar surface area (TPSA) is 47.3 Å². The average Bonchev–Trinajstić information content (AvgIpc) is 2.44. The summed E-state index contributed by atoms with van der Waals surface area (Å²) in [6, 6.07) is 4.92. The summed E-state index contributed by atoms with van der Waals surface area (Å²) in [5.41, 5.74) is 7.58. The van der Waals surface area contributed by atoms with E-state index in [1.54, 1.807) is 6.07 Å². The van der Waals surface area contributed by atoms with Crippen molar-refractivity contribution in [2.24, 2.45) is 11.7 Å². The van der Waals surface area contributed by atoms with Crippen molar-refractivity contribution in [1.29, 1.82) is 0 Å². The maximum absolute atomic E-state index is 13.5. The van der Waals surface area contributed by atoms with Gasteiger partial charge in [-0.2, -0.15) is 0 Å². The van der Waals surface area contributed by atoms with E-state index in [1.165, 1.54) is 6.07 Å². The maximum atomic E-state index is 13.5. The van der Waals surface area contributed by atoms with Gasteiger partial charge in [0.1, 0.15) is 5.82 Å². The Kier molecular flexibility index (Phi) is 5.31. The minimum absolute atomic E-state index is 0.0629. The SMILES string of the molecule is Cc1ccc(F)cc1[C@H](OCCN)C1CCCNC1. The average molecular weight is 266 g/mol. The summed E-state index contributed by atoms with van der Waals surface area (Å²) in [6.07, 6.45) is 2.19. The fraction of sp³-hybridized carbons (Fsp3) is 0.600. The quantitative estimate of drug-likeness (QED) is 0.858. The first-order valence-corrected chi connectivity index (χ1v) is 7.01. The largest absolute Gasteiger partial charge is 0.372 e. The molecule has 0 saturated carbocycles. The van der Waals surface area contributed by atoms with Crippen LogP contribution in [0.2, 0.25) is 0 Å². The molecule has 2 atom stereocenters. The summed E-state index contributed by atoms with van der Waals surface area (Å²) in [6.45, 7) is 4.99. The van der Waals surface area contributed by atoms with Crippen molar-refractivity contribution < 1.29 is 9.13 Å². The third-order valence-corrected chi connectivity index (χ3v) is 3.73. The number of hydrogen-bond donors (Lipinski definition) is 2. The van der Waals surface area contributed by atoms with Gasteiger partial charge >= 0.3 is 0 Å². The molecule has 19 heavy (non-hydrogen) atoms. The minimum atomic E-state index is -0.203. The van der Waals surface area contributed by atoms with Crippen molar-refractivity contribution in [3.8, 4) is 0 Å². The van der Waals surface area contributed by atoms with Gasteiger partial charge in [-0.05, 0) is 49.6 Å². The Morgan fingerprint density at radius 2 is 2.37 bits per heavy atom. The first kappa shape index (κ1) is 14.4. The van der Waals surface area contributed by atoms with E-state index in [-0.39, 0.29) is 11.9 Å². The van der Waals surface area contributed by atoms with Crippen LogP contribution in [0, 0.1) is 18.7 Å². The highest BCUT2D eigenvalue weighted by atomic mass is 19.1. The molecule has 1 aliphatic heterocycles. The molecule has 0 radical (unpaired) electrons. The lowest BCUT2D eigenvalue weighted by Crippen LogP contribution is -2.35. The molecule has 0 aliphatic carbocycles. The zero-order valence-electron chi connectivity index (χ0n) is 11.5. The number of halogens is 1. The van der Waals surface area contributed by atoms with Crippen LogP contribution in [-0.4, -0.2) is 26.2 Å². The van der Waals surface area contributed by atoms with E-state index >= 15 is 0 Å². The summed E-state index contributed by atoms with van der Waals surface area (Å²) in [7, 11) is 0. The standard InChI is InChI=1S/C15H23FN2O/c1-11-4-5-13(16)9-14(11)15(19-8-6-17)12-3-2-7-18-10-12/h4-5,9,12,15,18H,2-3,6-8,10,17H2,1H3/t12?,15-/m1/s1. The van der Waals surface area contributed by atoms with Gasteiger partial charge < -0.3 is 15.8 Å². The van der Waals surface area contributed by atoms with Crippen LogP contribution < -0.4 is 11.1 Å². The fourth-order valence-corrected chi connectivity index (χ4v) is 2.73. The molecule has 1 saturated heterocycles. The molecule has 1 aromatic carbocycles. The molecule has 0 spiro atoms. The Balaban J connectivity index is 2.22. The van der Waals surface area contributed by atoms with Crippen molar-refractivity contribution >= 4 is 0 Å². The molecule has 0 aromatic heterocycles. The Bertz CT molecular complexity index is 405. The van der Waals surface area contributed by atoms with Gasteiger partial charge in [-0.3, -0.25) is 0 Å². The van der Waals surface area contributed by atoms with Crippen molar-refractivity contribution in [3.63, 3.8) is 0 Å². The molecule has 1 fully saturated rings. The molecular weight excluding hydrogens is 243 g/mol. The molecule has 106 valence electrons. The summed E-state index contributed by atoms with van der Waals surface area (Å²) in [5.74, 6) is 0.187. The van der Waals surface area contributed by atoms with Crippen LogP contribution in [0.5, 0.6) is 0 Å². The van der Waals surface area contributed by atoms with E-state index in [0.29, 0.717) is 19.1 Å². The summed E-state index contributed by atoms with van der Waals surface area (Å²) in [5, 5.41) is 3.39. The monoisotopic (exact) mass is 266 g/mol. The lowest BCUT2D eigenvalue weighted by atomic mass is 9.87. The van der Waals surface area contributed by atoms with E-state index in [0.717, 1.165) is 37.1 Å². The highest BCUT2D eigenvalue weighted by Crippen LogP contribution is 2.32. The van der Waals surface area contributed by atoms with Crippen LogP contribution in [0.3, 0.4) is 0 Å². The highest BCUT2D eigenvalue weighted by molar-refractivity contribution is 5.29. The van der Waals surface area contributed by atoms with Gasteiger partial charge in [0.05, 0.1) is 12.7 Å². The number of piperidine rings is 1. The van der Waals surface area contributed by atoms with Crippen LogP contribution in [0.4, 0.5) is 4.39 Å². The third kappa shape index (κ3) is 3.75. The number of benzene rings is 1. The van der Waals surface area contributed by atoms with Crippen LogP contribution >= 0.6 is 0 Å². The Hall–Kier alpha value is -0.970. The van der Waals surface area contributed by atoms with E-state index in [2.05, 4.69) is 5.32 Å². The summed E-state index contributed by atoms with van der Waals surface area (Å²) in [4.78, 5) is 0. The highest BCUT2D eigenvalue weighted by Gasteiger charge is 2.27. The van der Waals surface area contributed by atoms with Gasteiger partial charge in [0.25, 0.3) is 0 Å². The first-order chi connectivity index (χ1) is 9.22. The second-order valence-corrected chi connectivity index (χ2v) is 5.19. The molecule has 3 nitrogen and oxygen atoms in total. The van der Waals surface area contributed by atoms with Gasteiger partial charge in [-0.25, -0.2) is 4.39 Å². The fourth-order valence-electron chi connectivity index (χ4n) is 2.73. The molecule has 0 bridgehead atoms. The normalized spacial score (nSPS) is 21.3. The Morgan fingerprint density at radius 1 is 1.53 bits per heavy atom. The van der Waals surface area contributed by atoms with Crippen molar-refractivity contribution in [2.75, 3.05) is 26.2 Å². The molecular formula is C15H23FN2O. The predicted molar refractivity (Wildman–Crippen MR) is 74.5 cm³/mol. The minimum Gasteiger partial charge on any atom is -0.372 e. The van der Waals surface area contributed by atoms with Gasteiger partial charge in [0, 0.05) is 19.0 Å². The number of ether oxygens (including phenoxy) is 1. The molecule has 1 heterocycles. The second kappa shape index (κ2) is 6.98. The van der Waals surface area contributed by atoms with E-state index in [9.17, 15) is 4.39 Å². The Morgan fingerprint density at radius 3 is 3.05 bits per heavy atom. The van der Waals surface area contributed by atoms with Crippen molar-refractivity contribution in [1.82, 2.24) is 5.32 Å². The Labute approximate surface area is 114 Å². The van der Waals surface area contributed by atoms with Gasteiger partial charge in [0.2, 0.25) is 0 Å². The van der Waals surface area contributed by atoms with Crippen molar-refractivity contribution in [2.45, 2.75) is 25.9 Å². The van der Waals surface area contributed by atoms with Gasteiger partial charge in [-0.1, -0.05) is 6.07 Å². The van der Waals surface area contributed by atoms with Crippen LogP contribution in [-0.2, 0) is 4.74 Å². The summed E-state index contributed by atoms with van der Waals surface area (Å²) >= 11 is 0. The molecule has 4 heteroatoms.